The third kappa shape index (κ3) is 5.24. The first kappa shape index (κ1) is 22.6. The van der Waals surface area contributed by atoms with E-state index >= 15 is 0 Å². The number of thiocarbonyl (C=S) groups is 1. The van der Waals surface area contributed by atoms with Crippen LogP contribution in [-0.2, 0) is 17.9 Å². The lowest BCUT2D eigenvalue weighted by atomic mass is 10.1. The molecule has 2 aromatic carbocycles. The highest BCUT2D eigenvalue weighted by molar-refractivity contribution is 8.26. The molecular formula is C23H18N2O6S2. The predicted molar refractivity (Wildman–Crippen MR) is 128 cm³/mol. The van der Waals surface area contributed by atoms with Crippen molar-refractivity contribution in [2.45, 2.75) is 13.2 Å². The first-order valence-electron chi connectivity index (χ1n) is 9.76. The van der Waals surface area contributed by atoms with Crippen molar-refractivity contribution in [1.82, 2.24) is 4.90 Å². The van der Waals surface area contributed by atoms with Gasteiger partial charge in [0.1, 0.15) is 16.7 Å². The summed E-state index contributed by atoms with van der Waals surface area (Å²) >= 11 is 6.59. The van der Waals surface area contributed by atoms with Gasteiger partial charge < -0.3 is 13.9 Å². The lowest BCUT2D eigenvalue weighted by Crippen LogP contribution is -2.27. The van der Waals surface area contributed by atoms with Crippen LogP contribution in [0.1, 0.15) is 16.9 Å². The summed E-state index contributed by atoms with van der Waals surface area (Å²) in [6.07, 6.45) is 3.31. The molecule has 10 heteroatoms. The Kier molecular flexibility index (Phi) is 6.76. The van der Waals surface area contributed by atoms with Crippen molar-refractivity contribution in [3.8, 4) is 11.5 Å². The molecule has 1 amide bonds. The fraction of sp³-hybridized carbons (Fsp3) is 0.130. The van der Waals surface area contributed by atoms with Gasteiger partial charge in [0, 0.05) is 12.1 Å². The monoisotopic (exact) mass is 482 g/mol. The Balaban J connectivity index is 1.46. The number of carbonyl (C=O) groups excluding carboxylic acids is 1. The molecule has 0 bridgehead atoms. The lowest BCUT2D eigenvalue weighted by molar-refractivity contribution is -0.384. The van der Waals surface area contributed by atoms with Crippen LogP contribution < -0.4 is 9.47 Å². The zero-order valence-corrected chi connectivity index (χ0v) is 19.1. The van der Waals surface area contributed by atoms with Crippen molar-refractivity contribution >= 4 is 46.0 Å². The summed E-state index contributed by atoms with van der Waals surface area (Å²) in [4.78, 5) is 25.1. The maximum absolute atomic E-state index is 12.8. The number of nitro benzene ring substituents is 1. The maximum Gasteiger partial charge on any atom is 0.269 e. The van der Waals surface area contributed by atoms with E-state index in [1.54, 1.807) is 48.7 Å². The second-order valence-electron chi connectivity index (χ2n) is 6.97. The Morgan fingerprint density at radius 1 is 1.18 bits per heavy atom. The molecule has 1 aliphatic heterocycles. The van der Waals surface area contributed by atoms with Crippen molar-refractivity contribution in [1.29, 1.82) is 0 Å². The van der Waals surface area contributed by atoms with Crippen LogP contribution >= 0.6 is 24.0 Å². The van der Waals surface area contributed by atoms with Crippen molar-refractivity contribution in [2.24, 2.45) is 0 Å². The number of methoxy groups -OCH3 is 1. The second kappa shape index (κ2) is 9.88. The van der Waals surface area contributed by atoms with E-state index in [9.17, 15) is 14.9 Å². The molecule has 0 unspecified atom stereocenters. The molecule has 3 aromatic rings. The molecule has 2 heterocycles. The van der Waals surface area contributed by atoms with Gasteiger partial charge in [-0.05, 0) is 53.6 Å². The highest BCUT2D eigenvalue weighted by Crippen LogP contribution is 2.35. The molecule has 33 heavy (non-hydrogen) atoms. The lowest BCUT2D eigenvalue weighted by Gasteiger charge is -2.12. The quantitative estimate of drug-likeness (QED) is 0.188. The maximum atomic E-state index is 12.8. The predicted octanol–water partition coefficient (Wildman–Crippen LogP) is 5.18. The number of carbonyl (C=O) groups is 1. The minimum atomic E-state index is -0.447. The molecule has 0 aliphatic carbocycles. The Labute approximate surface area is 198 Å². The van der Waals surface area contributed by atoms with E-state index in [2.05, 4.69) is 0 Å². The standard InChI is InChI=1S/C23H18N2O6S2/c1-29-20-11-16(6-9-19(20)31-14-15-4-7-17(8-5-15)25(27)28)12-21-22(26)24(23(32)33-21)13-18-3-2-10-30-18/h2-12H,13-14H2,1H3. The average molecular weight is 483 g/mol. The van der Waals surface area contributed by atoms with Gasteiger partial charge in [0.15, 0.2) is 11.5 Å². The molecule has 168 valence electrons. The van der Waals surface area contributed by atoms with Gasteiger partial charge in [0.05, 0.1) is 29.7 Å². The van der Waals surface area contributed by atoms with Gasteiger partial charge in [0.25, 0.3) is 11.6 Å². The van der Waals surface area contributed by atoms with Gasteiger partial charge in [-0.3, -0.25) is 19.8 Å². The zero-order chi connectivity index (χ0) is 23.4. The topological polar surface area (TPSA) is 95.0 Å². The Morgan fingerprint density at radius 3 is 2.64 bits per heavy atom. The van der Waals surface area contributed by atoms with Crippen molar-refractivity contribution in [3.63, 3.8) is 0 Å². The average Bonchev–Trinajstić information content (AvgIpc) is 3.42. The molecular weight excluding hydrogens is 464 g/mol. The number of furan rings is 1. The van der Waals surface area contributed by atoms with Gasteiger partial charge >= 0.3 is 0 Å². The Bertz CT molecular complexity index is 1220. The number of nitrogens with zero attached hydrogens (tertiary/aromatic N) is 2. The largest absolute Gasteiger partial charge is 0.493 e. The molecule has 1 aliphatic rings. The van der Waals surface area contributed by atoms with Gasteiger partial charge in [-0.2, -0.15) is 0 Å². The second-order valence-corrected chi connectivity index (χ2v) is 8.65. The van der Waals surface area contributed by atoms with E-state index in [1.807, 2.05) is 6.07 Å². The van der Waals surface area contributed by atoms with Crippen LogP contribution in [0.3, 0.4) is 0 Å². The minimum Gasteiger partial charge on any atom is -0.493 e. The molecule has 1 saturated heterocycles. The molecule has 1 fully saturated rings. The third-order valence-corrected chi connectivity index (χ3v) is 6.17. The van der Waals surface area contributed by atoms with Crippen LogP contribution in [0.25, 0.3) is 6.08 Å². The number of rotatable bonds is 8. The molecule has 0 saturated carbocycles. The van der Waals surface area contributed by atoms with E-state index in [1.165, 1.54) is 35.9 Å². The Morgan fingerprint density at radius 2 is 1.97 bits per heavy atom. The SMILES string of the molecule is COc1cc(C=C2SC(=S)N(Cc3ccco3)C2=O)ccc1OCc1ccc([N+](=O)[O-])cc1. The summed E-state index contributed by atoms with van der Waals surface area (Å²) < 4.78 is 17.1. The molecule has 0 N–H and O–H groups in total. The molecule has 0 radical (unpaired) electrons. The fourth-order valence-electron chi connectivity index (χ4n) is 3.11. The smallest absolute Gasteiger partial charge is 0.269 e. The van der Waals surface area contributed by atoms with Crippen molar-refractivity contribution in [2.75, 3.05) is 7.11 Å². The van der Waals surface area contributed by atoms with Crippen molar-refractivity contribution < 1.29 is 23.6 Å². The molecule has 0 atom stereocenters. The highest BCUT2D eigenvalue weighted by Gasteiger charge is 2.32. The number of non-ortho nitro benzene ring substituents is 1. The Hall–Kier alpha value is -3.63. The zero-order valence-electron chi connectivity index (χ0n) is 17.4. The van der Waals surface area contributed by atoms with Crippen LogP contribution in [0.15, 0.2) is 70.2 Å². The summed E-state index contributed by atoms with van der Waals surface area (Å²) in [6, 6.07) is 15.0. The number of amides is 1. The summed E-state index contributed by atoms with van der Waals surface area (Å²) in [7, 11) is 1.53. The van der Waals surface area contributed by atoms with Crippen LogP contribution in [0, 0.1) is 10.1 Å². The number of ether oxygens (including phenoxy) is 2. The molecule has 0 spiro atoms. The first-order valence-corrected chi connectivity index (χ1v) is 11.0. The van der Waals surface area contributed by atoms with E-state index in [0.29, 0.717) is 26.5 Å². The van der Waals surface area contributed by atoms with Crippen LogP contribution in [-0.4, -0.2) is 27.2 Å². The molecule has 4 rings (SSSR count). The van der Waals surface area contributed by atoms with Gasteiger partial charge in [-0.25, -0.2) is 0 Å². The van der Waals surface area contributed by atoms with Gasteiger partial charge in [0.2, 0.25) is 0 Å². The van der Waals surface area contributed by atoms with Crippen LogP contribution in [0.2, 0.25) is 0 Å². The normalized spacial score (nSPS) is 14.7. The number of hydrogen-bond donors (Lipinski definition) is 0. The van der Waals surface area contributed by atoms with E-state index in [4.69, 9.17) is 26.1 Å². The van der Waals surface area contributed by atoms with Crippen LogP contribution in [0.4, 0.5) is 5.69 Å². The fourth-order valence-corrected chi connectivity index (χ4v) is 4.37. The summed E-state index contributed by atoms with van der Waals surface area (Å²) in [6.45, 7) is 0.507. The van der Waals surface area contributed by atoms with Crippen molar-refractivity contribution in [3.05, 3.63) is 92.8 Å². The number of thioether (sulfide) groups is 1. The number of benzene rings is 2. The highest BCUT2D eigenvalue weighted by atomic mass is 32.2. The van der Waals surface area contributed by atoms with E-state index in [-0.39, 0.29) is 24.7 Å². The van der Waals surface area contributed by atoms with Gasteiger partial charge in [-0.15, -0.1) is 0 Å². The third-order valence-electron chi connectivity index (χ3n) is 4.79. The van der Waals surface area contributed by atoms with E-state index < -0.39 is 4.92 Å². The number of nitro groups is 1. The van der Waals surface area contributed by atoms with Crippen LogP contribution in [0.5, 0.6) is 11.5 Å². The molecule has 8 nitrogen and oxygen atoms in total. The summed E-state index contributed by atoms with van der Waals surface area (Å²) in [5, 5.41) is 10.8. The summed E-state index contributed by atoms with van der Waals surface area (Å²) in [5.74, 6) is 1.48. The molecule has 1 aromatic heterocycles. The number of hydrogen-bond acceptors (Lipinski definition) is 8. The van der Waals surface area contributed by atoms with E-state index in [0.717, 1.165) is 11.1 Å². The first-order chi connectivity index (χ1) is 15.9. The minimum absolute atomic E-state index is 0.0234. The van der Waals surface area contributed by atoms with Gasteiger partial charge in [-0.1, -0.05) is 30.0 Å². The summed E-state index contributed by atoms with van der Waals surface area (Å²) in [5.41, 5.74) is 1.57.